The van der Waals surface area contributed by atoms with E-state index in [1.54, 1.807) is 25.2 Å². The van der Waals surface area contributed by atoms with Crippen LogP contribution in [0.2, 0.25) is 0 Å². The molecule has 1 saturated heterocycles. The number of carbonyl (C=O) groups is 2. The molecule has 0 spiro atoms. The number of ether oxygens (including phenoxy) is 2. The second-order valence-electron chi connectivity index (χ2n) is 6.37. The van der Waals surface area contributed by atoms with Crippen molar-refractivity contribution in [2.24, 2.45) is 12.2 Å². The quantitative estimate of drug-likeness (QED) is 0.268. The van der Waals surface area contributed by atoms with E-state index >= 15 is 0 Å². The van der Waals surface area contributed by atoms with Crippen molar-refractivity contribution >= 4 is 23.6 Å². The Hall–Kier alpha value is -3.36. The molecule has 0 radical (unpaired) electrons. The van der Waals surface area contributed by atoms with Crippen molar-refractivity contribution in [1.82, 2.24) is 9.55 Å². The summed E-state index contributed by atoms with van der Waals surface area (Å²) in [6, 6.07) is 6.30. The van der Waals surface area contributed by atoms with Crippen LogP contribution >= 0.6 is 0 Å². The van der Waals surface area contributed by atoms with Crippen molar-refractivity contribution < 1.29 is 19.1 Å². The highest BCUT2D eigenvalue weighted by molar-refractivity contribution is 6.03. The molecule has 1 aliphatic rings. The summed E-state index contributed by atoms with van der Waals surface area (Å²) >= 11 is 0. The van der Waals surface area contributed by atoms with E-state index in [-0.39, 0.29) is 30.0 Å². The largest absolute Gasteiger partial charge is 0.426 e. The number of amides is 1. The maximum atomic E-state index is 12.5. The predicted octanol–water partition coefficient (Wildman–Crippen LogP) is 3.48. The molecule has 1 unspecified atom stereocenters. The number of aromatic nitrogens is 2. The monoisotopic (exact) mass is 384 g/mol. The van der Waals surface area contributed by atoms with Gasteiger partial charge in [-0.25, -0.2) is 4.98 Å². The van der Waals surface area contributed by atoms with Gasteiger partial charge in [-0.05, 0) is 48.1 Å². The van der Waals surface area contributed by atoms with Gasteiger partial charge in [-0.3, -0.25) is 14.9 Å². The summed E-state index contributed by atoms with van der Waals surface area (Å²) in [5.41, 5.74) is 8.76. The van der Waals surface area contributed by atoms with E-state index < -0.39 is 11.9 Å². The van der Waals surface area contributed by atoms with Gasteiger partial charge < -0.3 is 14.0 Å². The Labute approximate surface area is 161 Å². The Bertz CT molecular complexity index is 913. The molecule has 1 aromatic carbocycles. The van der Waals surface area contributed by atoms with E-state index in [1.807, 2.05) is 0 Å². The van der Waals surface area contributed by atoms with Crippen LogP contribution in [0.4, 0.5) is 11.8 Å². The minimum atomic E-state index is -0.435. The molecule has 28 heavy (non-hydrogen) atoms. The summed E-state index contributed by atoms with van der Waals surface area (Å²) in [6.07, 6.45) is 4.47. The molecule has 0 saturated carbocycles. The van der Waals surface area contributed by atoms with Crippen molar-refractivity contribution in [1.29, 1.82) is 0 Å². The van der Waals surface area contributed by atoms with E-state index in [9.17, 15) is 9.59 Å². The molecule has 1 fully saturated rings. The fraction of sp³-hybridized carbons (Fsp3) is 0.389. The van der Waals surface area contributed by atoms with Gasteiger partial charge in [0.15, 0.2) is 0 Å². The lowest BCUT2D eigenvalue weighted by molar-refractivity contribution is -0.138. The minimum Gasteiger partial charge on any atom is -0.426 e. The van der Waals surface area contributed by atoms with E-state index in [1.165, 1.54) is 16.8 Å². The van der Waals surface area contributed by atoms with Crippen LogP contribution in [0.15, 0.2) is 35.6 Å². The lowest BCUT2D eigenvalue weighted by atomic mass is 10.1. The SMILES string of the molecule is Cn1cc(N=[N+]=[N-])nc1NC(=O)c1cccc(OC(=O)CC2CCCCO2)c1. The molecule has 1 aliphatic heterocycles. The second-order valence-corrected chi connectivity index (χ2v) is 6.37. The first-order valence-corrected chi connectivity index (χ1v) is 8.87. The lowest BCUT2D eigenvalue weighted by Gasteiger charge is -2.21. The summed E-state index contributed by atoms with van der Waals surface area (Å²) in [4.78, 5) is 31.2. The maximum absolute atomic E-state index is 12.5. The molecule has 1 aromatic heterocycles. The summed E-state index contributed by atoms with van der Waals surface area (Å²) in [5.74, 6) is -0.178. The van der Waals surface area contributed by atoms with Crippen LogP contribution in [0.25, 0.3) is 10.4 Å². The molecule has 1 atom stereocenters. The van der Waals surface area contributed by atoms with Crippen LogP contribution in [0.3, 0.4) is 0 Å². The van der Waals surface area contributed by atoms with E-state index in [0.717, 1.165) is 19.3 Å². The van der Waals surface area contributed by atoms with Gasteiger partial charge in [0.1, 0.15) is 11.6 Å². The normalized spacial score (nSPS) is 16.1. The molecule has 3 rings (SSSR count). The highest BCUT2D eigenvalue weighted by Crippen LogP contribution is 2.20. The first-order valence-electron chi connectivity index (χ1n) is 8.87. The molecule has 2 aromatic rings. The van der Waals surface area contributed by atoms with Crippen molar-refractivity contribution in [2.75, 3.05) is 11.9 Å². The number of benzene rings is 1. The Morgan fingerprint density at radius 2 is 2.32 bits per heavy atom. The predicted molar refractivity (Wildman–Crippen MR) is 100 cm³/mol. The number of anilines is 1. The van der Waals surface area contributed by atoms with E-state index in [0.29, 0.717) is 12.2 Å². The van der Waals surface area contributed by atoms with E-state index in [2.05, 4.69) is 20.3 Å². The first-order chi connectivity index (χ1) is 13.5. The molecule has 2 heterocycles. The van der Waals surface area contributed by atoms with Gasteiger partial charge in [0.05, 0.1) is 12.5 Å². The van der Waals surface area contributed by atoms with Gasteiger partial charge >= 0.3 is 5.97 Å². The molecule has 0 bridgehead atoms. The van der Waals surface area contributed by atoms with E-state index in [4.69, 9.17) is 15.0 Å². The van der Waals surface area contributed by atoms with Gasteiger partial charge in [-0.1, -0.05) is 6.07 Å². The summed E-state index contributed by atoms with van der Waals surface area (Å²) in [5, 5.41) is 6.01. The molecular weight excluding hydrogens is 364 g/mol. The molecule has 10 nitrogen and oxygen atoms in total. The number of carbonyl (C=O) groups excluding carboxylic acids is 2. The highest BCUT2D eigenvalue weighted by Gasteiger charge is 2.19. The average molecular weight is 384 g/mol. The fourth-order valence-corrected chi connectivity index (χ4v) is 2.86. The number of aryl methyl sites for hydroxylation is 1. The van der Waals surface area contributed by atoms with Crippen molar-refractivity contribution in [3.63, 3.8) is 0 Å². The second kappa shape index (κ2) is 9.03. The minimum absolute atomic E-state index is 0.110. The zero-order chi connectivity index (χ0) is 19.9. The zero-order valence-corrected chi connectivity index (χ0v) is 15.4. The third-order valence-electron chi connectivity index (χ3n) is 4.23. The average Bonchev–Trinajstić information content (AvgIpc) is 3.02. The third-order valence-corrected chi connectivity index (χ3v) is 4.23. The van der Waals surface area contributed by atoms with Gasteiger partial charge in [-0.15, -0.1) is 0 Å². The zero-order valence-electron chi connectivity index (χ0n) is 15.4. The van der Waals surface area contributed by atoms with Gasteiger partial charge in [0.25, 0.3) is 5.91 Å². The molecule has 146 valence electrons. The number of azide groups is 1. The van der Waals surface area contributed by atoms with Gasteiger partial charge in [0, 0.05) is 30.3 Å². The van der Waals surface area contributed by atoms with Gasteiger partial charge in [-0.2, -0.15) is 0 Å². The van der Waals surface area contributed by atoms with Crippen LogP contribution in [0.5, 0.6) is 5.75 Å². The van der Waals surface area contributed by atoms with Crippen LogP contribution in [-0.2, 0) is 16.6 Å². The van der Waals surface area contributed by atoms with Crippen LogP contribution in [0, 0.1) is 0 Å². The first kappa shape index (κ1) is 19.4. The third kappa shape index (κ3) is 5.09. The Balaban J connectivity index is 1.62. The van der Waals surface area contributed by atoms with Crippen molar-refractivity contribution in [2.45, 2.75) is 31.8 Å². The Morgan fingerprint density at radius 3 is 3.07 bits per heavy atom. The molecule has 1 N–H and O–H groups in total. The molecule has 0 aliphatic carbocycles. The maximum Gasteiger partial charge on any atom is 0.313 e. The summed E-state index contributed by atoms with van der Waals surface area (Å²) in [7, 11) is 1.66. The number of nitrogens with zero attached hydrogens (tertiary/aromatic N) is 5. The number of imidazole rings is 1. The summed E-state index contributed by atoms with van der Waals surface area (Å²) in [6.45, 7) is 0.669. The van der Waals surface area contributed by atoms with Gasteiger partial charge in [0.2, 0.25) is 5.95 Å². The number of esters is 1. The van der Waals surface area contributed by atoms with Crippen molar-refractivity contribution in [3.05, 3.63) is 46.5 Å². The lowest BCUT2D eigenvalue weighted by Crippen LogP contribution is -2.24. The topological polar surface area (TPSA) is 131 Å². The molecular formula is C18H20N6O4. The number of nitrogens with one attached hydrogen (secondary N) is 1. The fourth-order valence-electron chi connectivity index (χ4n) is 2.86. The standard InChI is InChI=1S/C18H20N6O4/c1-24-11-15(22-23-19)20-18(24)21-17(26)12-5-4-7-14(9-12)28-16(25)10-13-6-2-3-8-27-13/h4-5,7,9,11,13H,2-3,6,8,10H2,1H3,(H,20,21,26). The van der Waals surface area contributed by atoms with Crippen LogP contribution in [0.1, 0.15) is 36.0 Å². The molecule has 1 amide bonds. The van der Waals surface area contributed by atoms with Crippen molar-refractivity contribution in [3.8, 4) is 5.75 Å². The Morgan fingerprint density at radius 1 is 1.46 bits per heavy atom. The highest BCUT2D eigenvalue weighted by atomic mass is 16.5. The number of rotatable bonds is 6. The number of hydrogen-bond donors (Lipinski definition) is 1. The number of hydrogen-bond acceptors (Lipinski definition) is 6. The van der Waals surface area contributed by atoms with Crippen LogP contribution in [-0.4, -0.2) is 34.1 Å². The molecule has 10 heteroatoms. The van der Waals surface area contributed by atoms with Crippen LogP contribution < -0.4 is 10.1 Å². The Kier molecular flexibility index (Phi) is 6.25. The summed E-state index contributed by atoms with van der Waals surface area (Å²) < 4.78 is 12.4. The smallest absolute Gasteiger partial charge is 0.313 e.